The van der Waals surface area contributed by atoms with Crippen LogP contribution in [0.3, 0.4) is 0 Å². The first-order valence-corrected chi connectivity index (χ1v) is 7.72. The lowest BCUT2D eigenvalue weighted by Crippen LogP contribution is -2.39. The molecule has 3 N–H and O–H groups in total. The minimum atomic E-state index is -3.50. The van der Waals surface area contributed by atoms with Crippen LogP contribution in [0.5, 0.6) is 0 Å². The Labute approximate surface area is 108 Å². The Balaban J connectivity index is 2.19. The van der Waals surface area contributed by atoms with Gasteiger partial charge >= 0.3 is 0 Å². The number of nitrogens with one attached hydrogen (secondary N) is 1. The van der Waals surface area contributed by atoms with E-state index in [1.54, 1.807) is 19.9 Å². The highest BCUT2D eigenvalue weighted by Gasteiger charge is 2.31. The summed E-state index contributed by atoms with van der Waals surface area (Å²) < 4.78 is 32.6. The maximum Gasteiger partial charge on any atom is 0.244 e. The van der Waals surface area contributed by atoms with Crippen LogP contribution in [0.4, 0.5) is 0 Å². The smallest absolute Gasteiger partial charge is 0.244 e. The summed E-state index contributed by atoms with van der Waals surface area (Å²) in [7, 11) is -3.50. The van der Waals surface area contributed by atoms with Gasteiger partial charge in [-0.1, -0.05) is 6.42 Å². The Kier molecular flexibility index (Phi) is 3.79. The van der Waals surface area contributed by atoms with Gasteiger partial charge in [-0.3, -0.25) is 0 Å². The third-order valence-electron chi connectivity index (χ3n) is 3.55. The van der Waals surface area contributed by atoms with Crippen LogP contribution in [0.1, 0.15) is 30.8 Å². The number of hydrogen-bond donors (Lipinski definition) is 2. The van der Waals surface area contributed by atoms with E-state index in [0.29, 0.717) is 18.1 Å². The molecule has 1 fully saturated rings. The van der Waals surface area contributed by atoms with Crippen LogP contribution >= 0.6 is 0 Å². The van der Waals surface area contributed by atoms with Crippen LogP contribution in [0.15, 0.2) is 15.4 Å². The van der Waals surface area contributed by atoms with Crippen molar-refractivity contribution in [2.45, 2.75) is 44.0 Å². The van der Waals surface area contributed by atoms with Gasteiger partial charge in [0.1, 0.15) is 16.4 Å². The lowest BCUT2D eigenvalue weighted by molar-refractivity contribution is 0.451. The zero-order chi connectivity index (χ0) is 13.3. The molecule has 1 aliphatic carbocycles. The van der Waals surface area contributed by atoms with Crippen LogP contribution in [0.2, 0.25) is 0 Å². The Hall–Kier alpha value is -0.850. The Morgan fingerprint density at radius 3 is 2.72 bits per heavy atom. The van der Waals surface area contributed by atoms with E-state index in [4.69, 9.17) is 10.2 Å². The van der Waals surface area contributed by atoms with E-state index in [1.807, 2.05) is 0 Å². The molecule has 0 aliphatic heterocycles. The molecule has 0 aromatic carbocycles. The van der Waals surface area contributed by atoms with Gasteiger partial charge in [0, 0.05) is 6.04 Å². The summed E-state index contributed by atoms with van der Waals surface area (Å²) in [6.07, 6.45) is 2.88. The molecule has 1 saturated carbocycles. The number of hydrogen-bond acceptors (Lipinski definition) is 4. The van der Waals surface area contributed by atoms with Crippen molar-refractivity contribution in [2.24, 2.45) is 11.7 Å². The van der Waals surface area contributed by atoms with Crippen LogP contribution < -0.4 is 10.5 Å². The fourth-order valence-electron chi connectivity index (χ4n) is 2.61. The fourth-order valence-corrected chi connectivity index (χ4v) is 4.19. The summed E-state index contributed by atoms with van der Waals surface area (Å²) in [6.45, 7) is 3.93. The summed E-state index contributed by atoms with van der Waals surface area (Å²) in [5.41, 5.74) is 5.66. The molecule has 1 heterocycles. The minimum Gasteiger partial charge on any atom is -0.465 e. The van der Waals surface area contributed by atoms with Crippen molar-refractivity contribution >= 4 is 10.0 Å². The van der Waals surface area contributed by atoms with Crippen LogP contribution in [-0.2, 0) is 10.0 Å². The second-order valence-corrected chi connectivity index (χ2v) is 6.61. The second-order valence-electron chi connectivity index (χ2n) is 4.93. The predicted octanol–water partition coefficient (Wildman–Crippen LogP) is 1.30. The molecule has 6 heteroatoms. The largest absolute Gasteiger partial charge is 0.465 e. The quantitative estimate of drug-likeness (QED) is 0.865. The van der Waals surface area contributed by atoms with E-state index in [2.05, 4.69) is 4.72 Å². The van der Waals surface area contributed by atoms with Gasteiger partial charge in [-0.05, 0) is 45.2 Å². The molecule has 2 unspecified atom stereocenters. The normalized spacial score (nSPS) is 24.6. The first-order valence-electron chi connectivity index (χ1n) is 6.23. The third-order valence-corrected chi connectivity index (χ3v) is 5.15. The van der Waals surface area contributed by atoms with Gasteiger partial charge in [-0.25, -0.2) is 13.1 Å². The Morgan fingerprint density at radius 2 is 2.17 bits per heavy atom. The second kappa shape index (κ2) is 5.03. The van der Waals surface area contributed by atoms with Crippen LogP contribution in [0, 0.1) is 19.8 Å². The van der Waals surface area contributed by atoms with Crippen molar-refractivity contribution in [1.29, 1.82) is 0 Å². The van der Waals surface area contributed by atoms with E-state index in [9.17, 15) is 8.42 Å². The highest BCUT2D eigenvalue weighted by atomic mass is 32.2. The highest BCUT2D eigenvalue weighted by Crippen LogP contribution is 2.27. The van der Waals surface area contributed by atoms with E-state index >= 15 is 0 Å². The lowest BCUT2D eigenvalue weighted by atomic mass is 10.1. The van der Waals surface area contributed by atoms with Crippen molar-refractivity contribution in [2.75, 3.05) is 6.54 Å². The van der Waals surface area contributed by atoms with Gasteiger partial charge < -0.3 is 10.2 Å². The molecule has 0 saturated heterocycles. The maximum absolute atomic E-state index is 12.3. The molecule has 0 spiro atoms. The molecule has 2 rings (SSSR count). The molecule has 102 valence electrons. The molecule has 1 aromatic rings. The summed E-state index contributed by atoms with van der Waals surface area (Å²) in [5.74, 6) is 1.28. The van der Waals surface area contributed by atoms with Crippen molar-refractivity contribution in [3.8, 4) is 0 Å². The van der Waals surface area contributed by atoms with Gasteiger partial charge in [0.25, 0.3) is 0 Å². The molecule has 18 heavy (non-hydrogen) atoms. The average Bonchev–Trinajstić information content (AvgIpc) is 2.84. The number of aryl methyl sites for hydroxylation is 2. The number of rotatable bonds is 4. The number of furan rings is 1. The molecule has 0 amide bonds. The SMILES string of the molecule is Cc1cc(S(=O)(=O)NC2CCCC2CN)c(C)o1. The van der Waals surface area contributed by atoms with Gasteiger partial charge in [0.15, 0.2) is 0 Å². The fraction of sp³-hybridized carbons (Fsp3) is 0.667. The molecule has 1 aromatic heterocycles. The summed E-state index contributed by atoms with van der Waals surface area (Å²) >= 11 is 0. The zero-order valence-corrected chi connectivity index (χ0v) is 11.6. The van der Waals surface area contributed by atoms with Crippen LogP contribution in [-0.4, -0.2) is 21.0 Å². The van der Waals surface area contributed by atoms with Crippen molar-refractivity contribution in [1.82, 2.24) is 4.72 Å². The topological polar surface area (TPSA) is 85.3 Å². The summed E-state index contributed by atoms with van der Waals surface area (Å²) in [4.78, 5) is 0.239. The molecular weight excluding hydrogens is 252 g/mol. The van der Waals surface area contributed by atoms with E-state index < -0.39 is 10.0 Å². The van der Waals surface area contributed by atoms with Gasteiger partial charge in [0.05, 0.1) is 0 Å². The standard InChI is InChI=1S/C12H20N2O3S/c1-8-6-12(9(2)17-8)18(15,16)14-11-5-3-4-10(11)7-13/h6,10-11,14H,3-5,7,13H2,1-2H3. The van der Waals surface area contributed by atoms with Crippen molar-refractivity contribution < 1.29 is 12.8 Å². The molecule has 0 bridgehead atoms. The molecule has 5 nitrogen and oxygen atoms in total. The van der Waals surface area contributed by atoms with Crippen molar-refractivity contribution in [3.63, 3.8) is 0 Å². The van der Waals surface area contributed by atoms with E-state index in [1.165, 1.54) is 0 Å². The zero-order valence-electron chi connectivity index (χ0n) is 10.8. The van der Waals surface area contributed by atoms with E-state index in [-0.39, 0.29) is 16.9 Å². The summed E-state index contributed by atoms with van der Waals surface area (Å²) in [6, 6.07) is 1.51. The third kappa shape index (κ3) is 2.60. The monoisotopic (exact) mass is 272 g/mol. The average molecular weight is 272 g/mol. The summed E-state index contributed by atoms with van der Waals surface area (Å²) in [5, 5.41) is 0. The van der Waals surface area contributed by atoms with E-state index in [0.717, 1.165) is 19.3 Å². The molecular formula is C12H20N2O3S. The van der Waals surface area contributed by atoms with Crippen LogP contribution in [0.25, 0.3) is 0 Å². The Bertz CT molecular complexity index is 521. The maximum atomic E-state index is 12.3. The Morgan fingerprint density at radius 1 is 1.44 bits per heavy atom. The first kappa shape index (κ1) is 13.6. The van der Waals surface area contributed by atoms with Crippen molar-refractivity contribution in [3.05, 3.63) is 17.6 Å². The lowest BCUT2D eigenvalue weighted by Gasteiger charge is -2.19. The first-order chi connectivity index (χ1) is 8.44. The number of sulfonamides is 1. The minimum absolute atomic E-state index is 0.0467. The highest BCUT2D eigenvalue weighted by molar-refractivity contribution is 7.89. The van der Waals surface area contributed by atoms with Gasteiger partial charge in [-0.2, -0.15) is 0 Å². The number of nitrogens with two attached hydrogens (primary N) is 1. The van der Waals surface area contributed by atoms with Gasteiger partial charge in [-0.15, -0.1) is 0 Å². The molecule has 0 radical (unpaired) electrons. The predicted molar refractivity (Wildman–Crippen MR) is 68.7 cm³/mol. The molecule has 2 atom stereocenters. The van der Waals surface area contributed by atoms with Gasteiger partial charge in [0.2, 0.25) is 10.0 Å². The molecule has 1 aliphatic rings.